The van der Waals surface area contributed by atoms with Gasteiger partial charge < -0.3 is 4.90 Å². The SMILES string of the molecule is CC[C@@H](C)N(C(=O)c1ccc(C#N)cn1)[C@@H](C)CC. The monoisotopic (exact) mass is 259 g/mol. The van der Waals surface area contributed by atoms with Crippen LogP contribution in [0, 0.1) is 11.3 Å². The number of hydrogen-bond donors (Lipinski definition) is 0. The average Bonchev–Trinajstić information content (AvgIpc) is 2.46. The van der Waals surface area contributed by atoms with Gasteiger partial charge in [0.05, 0.1) is 5.56 Å². The molecule has 1 amide bonds. The highest BCUT2D eigenvalue weighted by Gasteiger charge is 2.25. The molecule has 2 atom stereocenters. The fourth-order valence-corrected chi connectivity index (χ4v) is 1.95. The van der Waals surface area contributed by atoms with Crippen molar-refractivity contribution in [2.75, 3.05) is 0 Å². The summed E-state index contributed by atoms with van der Waals surface area (Å²) >= 11 is 0. The van der Waals surface area contributed by atoms with Gasteiger partial charge in [0, 0.05) is 18.3 Å². The Hall–Kier alpha value is -1.89. The van der Waals surface area contributed by atoms with Crippen molar-refractivity contribution in [1.82, 2.24) is 9.88 Å². The number of hydrogen-bond acceptors (Lipinski definition) is 3. The summed E-state index contributed by atoms with van der Waals surface area (Å²) in [5, 5.41) is 8.74. The van der Waals surface area contributed by atoms with Gasteiger partial charge >= 0.3 is 0 Å². The fourth-order valence-electron chi connectivity index (χ4n) is 1.95. The molecule has 0 aliphatic rings. The summed E-state index contributed by atoms with van der Waals surface area (Å²) in [4.78, 5) is 18.5. The van der Waals surface area contributed by atoms with Crippen molar-refractivity contribution in [2.24, 2.45) is 0 Å². The van der Waals surface area contributed by atoms with E-state index in [-0.39, 0.29) is 18.0 Å². The van der Waals surface area contributed by atoms with Crippen molar-refractivity contribution in [1.29, 1.82) is 5.26 Å². The third-order valence-corrected chi connectivity index (χ3v) is 3.48. The Labute approximate surface area is 115 Å². The van der Waals surface area contributed by atoms with Crippen molar-refractivity contribution in [3.05, 3.63) is 29.6 Å². The lowest BCUT2D eigenvalue weighted by Crippen LogP contribution is -2.44. The second kappa shape index (κ2) is 6.89. The minimum Gasteiger partial charge on any atom is -0.332 e. The number of pyridine rings is 1. The van der Waals surface area contributed by atoms with Gasteiger partial charge in [-0.3, -0.25) is 4.79 Å². The lowest BCUT2D eigenvalue weighted by atomic mass is 10.1. The van der Waals surface area contributed by atoms with Crippen LogP contribution in [0.3, 0.4) is 0 Å². The van der Waals surface area contributed by atoms with E-state index in [1.165, 1.54) is 6.20 Å². The number of amides is 1. The number of nitriles is 1. The standard InChI is InChI=1S/C15H21N3O/c1-5-11(3)18(12(4)6-2)15(19)14-8-7-13(9-16)10-17-14/h7-8,10-12H,5-6H2,1-4H3/t11-,12+. The maximum atomic E-state index is 12.5. The topological polar surface area (TPSA) is 57.0 Å². The Bertz CT molecular complexity index is 451. The predicted molar refractivity (Wildman–Crippen MR) is 74.6 cm³/mol. The molecule has 0 radical (unpaired) electrons. The van der Waals surface area contributed by atoms with Gasteiger partial charge in [0.1, 0.15) is 11.8 Å². The van der Waals surface area contributed by atoms with Crippen LogP contribution in [0.15, 0.2) is 18.3 Å². The minimum absolute atomic E-state index is 0.0619. The van der Waals surface area contributed by atoms with E-state index >= 15 is 0 Å². The first-order chi connectivity index (χ1) is 9.04. The number of carbonyl (C=O) groups excluding carboxylic acids is 1. The molecule has 4 nitrogen and oxygen atoms in total. The van der Waals surface area contributed by atoms with Crippen LogP contribution in [-0.4, -0.2) is 27.9 Å². The van der Waals surface area contributed by atoms with E-state index in [9.17, 15) is 4.79 Å². The highest BCUT2D eigenvalue weighted by atomic mass is 16.2. The van der Waals surface area contributed by atoms with Gasteiger partial charge in [-0.1, -0.05) is 13.8 Å². The van der Waals surface area contributed by atoms with Gasteiger partial charge in [-0.2, -0.15) is 5.26 Å². The van der Waals surface area contributed by atoms with Crippen LogP contribution in [-0.2, 0) is 0 Å². The minimum atomic E-state index is -0.0619. The molecule has 102 valence electrons. The van der Waals surface area contributed by atoms with Gasteiger partial charge in [0.15, 0.2) is 0 Å². The molecule has 0 spiro atoms. The molecule has 0 aromatic carbocycles. The molecule has 0 fully saturated rings. The molecule has 4 heteroatoms. The molecule has 19 heavy (non-hydrogen) atoms. The molecule has 0 aliphatic heterocycles. The van der Waals surface area contributed by atoms with Crippen LogP contribution in [0.5, 0.6) is 0 Å². The van der Waals surface area contributed by atoms with E-state index in [2.05, 4.69) is 18.8 Å². The van der Waals surface area contributed by atoms with Crippen LogP contribution >= 0.6 is 0 Å². The van der Waals surface area contributed by atoms with E-state index in [1.807, 2.05) is 24.8 Å². The largest absolute Gasteiger partial charge is 0.332 e. The first kappa shape index (κ1) is 15.2. The molecular formula is C15H21N3O. The summed E-state index contributed by atoms with van der Waals surface area (Å²) in [6.07, 6.45) is 3.26. The lowest BCUT2D eigenvalue weighted by Gasteiger charge is -2.33. The van der Waals surface area contributed by atoms with Crippen LogP contribution in [0.25, 0.3) is 0 Å². The quantitative estimate of drug-likeness (QED) is 0.816. The number of aromatic nitrogens is 1. The Balaban J connectivity index is 3.01. The zero-order valence-electron chi connectivity index (χ0n) is 12.1. The highest BCUT2D eigenvalue weighted by Crippen LogP contribution is 2.15. The lowest BCUT2D eigenvalue weighted by molar-refractivity contribution is 0.0592. The molecule has 0 bridgehead atoms. The second-order valence-corrected chi connectivity index (χ2v) is 4.77. The second-order valence-electron chi connectivity index (χ2n) is 4.77. The Morgan fingerprint density at radius 1 is 1.32 bits per heavy atom. The van der Waals surface area contributed by atoms with E-state index < -0.39 is 0 Å². The normalized spacial score (nSPS) is 13.4. The van der Waals surface area contributed by atoms with Crippen LogP contribution < -0.4 is 0 Å². The van der Waals surface area contributed by atoms with Gasteiger partial charge in [-0.15, -0.1) is 0 Å². The van der Waals surface area contributed by atoms with Crippen molar-refractivity contribution < 1.29 is 4.79 Å². The maximum Gasteiger partial charge on any atom is 0.272 e. The molecule has 0 unspecified atom stereocenters. The third kappa shape index (κ3) is 3.54. The summed E-state index contributed by atoms with van der Waals surface area (Å²) in [5.41, 5.74) is 0.870. The average molecular weight is 259 g/mol. The number of rotatable bonds is 5. The molecule has 1 aromatic rings. The van der Waals surface area contributed by atoms with Gasteiger partial charge in [-0.05, 0) is 38.8 Å². The van der Waals surface area contributed by atoms with Crippen molar-refractivity contribution in [2.45, 2.75) is 52.6 Å². The van der Waals surface area contributed by atoms with E-state index in [1.54, 1.807) is 12.1 Å². The van der Waals surface area contributed by atoms with Crippen molar-refractivity contribution in [3.63, 3.8) is 0 Å². The molecule has 1 rings (SSSR count). The summed E-state index contributed by atoms with van der Waals surface area (Å²) < 4.78 is 0. The Morgan fingerprint density at radius 3 is 2.26 bits per heavy atom. The maximum absolute atomic E-state index is 12.5. The summed E-state index contributed by atoms with van der Waals surface area (Å²) in [5.74, 6) is -0.0619. The van der Waals surface area contributed by atoms with Gasteiger partial charge in [0.25, 0.3) is 5.91 Å². The first-order valence-corrected chi connectivity index (χ1v) is 6.73. The zero-order chi connectivity index (χ0) is 14.4. The van der Waals surface area contributed by atoms with Gasteiger partial charge in [0.2, 0.25) is 0 Å². The van der Waals surface area contributed by atoms with Gasteiger partial charge in [-0.25, -0.2) is 4.98 Å². The Kier molecular flexibility index (Phi) is 5.50. The summed E-state index contributed by atoms with van der Waals surface area (Å²) in [6, 6.07) is 5.62. The van der Waals surface area contributed by atoms with Crippen molar-refractivity contribution in [3.8, 4) is 6.07 Å². The number of carbonyl (C=O) groups is 1. The van der Waals surface area contributed by atoms with E-state index in [0.29, 0.717) is 11.3 Å². The Morgan fingerprint density at radius 2 is 1.89 bits per heavy atom. The number of nitrogens with zero attached hydrogens (tertiary/aromatic N) is 3. The molecule has 0 N–H and O–H groups in total. The predicted octanol–water partition coefficient (Wildman–Crippen LogP) is 2.99. The van der Waals surface area contributed by atoms with Crippen LogP contribution in [0.1, 0.15) is 56.6 Å². The van der Waals surface area contributed by atoms with Crippen LogP contribution in [0.2, 0.25) is 0 Å². The molecule has 0 saturated carbocycles. The molecule has 0 aliphatic carbocycles. The fraction of sp³-hybridized carbons (Fsp3) is 0.533. The first-order valence-electron chi connectivity index (χ1n) is 6.73. The molecule has 0 saturated heterocycles. The summed E-state index contributed by atoms with van der Waals surface area (Å²) in [7, 11) is 0. The van der Waals surface area contributed by atoms with Crippen molar-refractivity contribution >= 4 is 5.91 Å². The van der Waals surface area contributed by atoms with E-state index in [4.69, 9.17) is 5.26 Å². The zero-order valence-corrected chi connectivity index (χ0v) is 12.1. The van der Waals surface area contributed by atoms with E-state index in [0.717, 1.165) is 12.8 Å². The molecular weight excluding hydrogens is 238 g/mol. The molecule has 1 heterocycles. The highest BCUT2D eigenvalue weighted by molar-refractivity contribution is 5.92. The summed E-state index contributed by atoms with van der Waals surface area (Å²) in [6.45, 7) is 8.24. The molecule has 1 aromatic heterocycles. The smallest absolute Gasteiger partial charge is 0.272 e. The van der Waals surface area contributed by atoms with Crippen LogP contribution in [0.4, 0.5) is 0 Å². The third-order valence-electron chi connectivity index (χ3n) is 3.48.